The highest BCUT2D eigenvalue weighted by Crippen LogP contribution is 2.44. The van der Waals surface area contributed by atoms with E-state index in [1.54, 1.807) is 0 Å². The van der Waals surface area contributed by atoms with E-state index in [0.29, 0.717) is 0 Å². The molecule has 0 spiro atoms. The van der Waals surface area contributed by atoms with Crippen molar-refractivity contribution in [2.45, 2.75) is 149 Å². The van der Waals surface area contributed by atoms with Crippen LogP contribution in [0.3, 0.4) is 0 Å². The number of hydrogen-bond donors (Lipinski definition) is 0. The number of rotatable bonds is 30. The van der Waals surface area contributed by atoms with Crippen LogP contribution in [0.5, 0.6) is 11.5 Å². The molecule has 0 bridgehead atoms. The highest BCUT2D eigenvalue weighted by Gasteiger charge is 2.20. The Bertz CT molecular complexity index is 1300. The summed E-state index contributed by atoms with van der Waals surface area (Å²) in [5.41, 5.74) is 0. The van der Waals surface area contributed by atoms with Crippen molar-refractivity contribution >= 4 is 42.8 Å². The van der Waals surface area contributed by atoms with Crippen molar-refractivity contribution in [3.8, 4) is 11.5 Å². The van der Waals surface area contributed by atoms with Crippen LogP contribution < -0.4 is 9.47 Å². The van der Waals surface area contributed by atoms with Gasteiger partial charge in [-0.2, -0.15) is 0 Å². The Balaban J connectivity index is 1.22. The molecule has 0 atom stereocenters. The molecule has 0 fully saturated rings. The summed E-state index contributed by atoms with van der Waals surface area (Å²) < 4.78 is 27.2. The highest BCUT2D eigenvalue weighted by atomic mass is 32.1. The van der Waals surface area contributed by atoms with E-state index >= 15 is 0 Å². The minimum absolute atomic E-state index is 0.285. The Hall–Kier alpha value is -2.12. The quantitative estimate of drug-likeness (QED) is 0.0399. The molecule has 6 heteroatoms. The second-order valence-electron chi connectivity index (χ2n) is 13.6. The molecule has 272 valence electrons. The van der Waals surface area contributed by atoms with E-state index in [-0.39, 0.29) is 13.6 Å². The minimum Gasteiger partial charge on any atom is -0.466 e. The van der Waals surface area contributed by atoms with Crippen molar-refractivity contribution in [3.05, 3.63) is 58.3 Å². The summed E-state index contributed by atoms with van der Waals surface area (Å²) in [5, 5.41) is 2.32. The lowest BCUT2D eigenvalue weighted by atomic mass is 10.1. The average molecular weight is 709 g/mol. The molecule has 0 aliphatic carbocycles. The second kappa shape index (κ2) is 24.9. The maximum atomic E-state index is 6.38. The number of hydrogen-bond acceptors (Lipinski definition) is 6. The molecule has 2 aromatic heterocycles. The standard InChI is InChI=1S/C43H64O4S2/c1-3-5-7-9-11-13-15-17-19-25-31-44-34-46-42-36-27-21-23-29-38(36)48-40(42)33-41-43(37-28-22-24-30-39(37)49-41)47-35-45-32-26-20-18-16-14-12-10-8-6-4-2/h21-24,27-30H,3-20,25-26,31-35H2,1-2H3. The topological polar surface area (TPSA) is 36.9 Å². The molecule has 0 aliphatic rings. The maximum absolute atomic E-state index is 6.38. The predicted octanol–water partition coefficient (Wildman–Crippen LogP) is 14.3. The van der Waals surface area contributed by atoms with Crippen LogP contribution in [0.15, 0.2) is 48.5 Å². The Morgan fingerprint density at radius 3 is 1.16 bits per heavy atom. The van der Waals surface area contributed by atoms with Crippen molar-refractivity contribution in [1.29, 1.82) is 0 Å². The third-order valence-corrected chi connectivity index (χ3v) is 11.7. The zero-order valence-electron chi connectivity index (χ0n) is 30.7. The Morgan fingerprint density at radius 1 is 0.429 bits per heavy atom. The predicted molar refractivity (Wildman–Crippen MR) is 213 cm³/mol. The number of thiophene rings is 2. The van der Waals surface area contributed by atoms with Crippen LogP contribution in [0.4, 0.5) is 0 Å². The summed E-state index contributed by atoms with van der Waals surface area (Å²) in [5.74, 6) is 1.90. The monoisotopic (exact) mass is 708 g/mol. The van der Waals surface area contributed by atoms with Gasteiger partial charge in [0.2, 0.25) is 0 Å². The van der Waals surface area contributed by atoms with Gasteiger partial charge in [-0.05, 0) is 37.1 Å². The lowest BCUT2D eigenvalue weighted by molar-refractivity contribution is 0.0138. The van der Waals surface area contributed by atoms with Gasteiger partial charge >= 0.3 is 0 Å². The van der Waals surface area contributed by atoms with Crippen LogP contribution in [-0.2, 0) is 15.9 Å². The van der Waals surface area contributed by atoms with Crippen LogP contribution in [0.25, 0.3) is 20.2 Å². The summed E-state index contributed by atoms with van der Waals surface area (Å²) in [4.78, 5) is 2.43. The second-order valence-corrected chi connectivity index (χ2v) is 15.9. The van der Waals surface area contributed by atoms with Crippen molar-refractivity contribution < 1.29 is 18.9 Å². The number of benzene rings is 2. The Kier molecular flexibility index (Phi) is 20.2. The van der Waals surface area contributed by atoms with Crippen molar-refractivity contribution in [2.24, 2.45) is 0 Å². The van der Waals surface area contributed by atoms with E-state index in [0.717, 1.165) is 54.7 Å². The van der Waals surface area contributed by atoms with E-state index in [9.17, 15) is 0 Å². The molecule has 0 unspecified atom stereocenters. The SMILES string of the molecule is CCCCCCCCCCCCOCOc1c(Cc2sc3ccccc3c2OCOCCCCCCCCCCCC)sc2ccccc12. The summed E-state index contributed by atoms with van der Waals surface area (Å²) in [6, 6.07) is 17.1. The van der Waals surface area contributed by atoms with Crippen LogP contribution in [-0.4, -0.2) is 26.8 Å². The molecular formula is C43H64O4S2. The molecule has 4 aromatic rings. The van der Waals surface area contributed by atoms with E-state index in [2.05, 4.69) is 62.4 Å². The lowest BCUT2D eigenvalue weighted by Crippen LogP contribution is -2.06. The van der Waals surface area contributed by atoms with E-state index in [1.807, 2.05) is 22.7 Å². The molecule has 0 amide bonds. The summed E-state index contributed by atoms with van der Waals surface area (Å²) in [7, 11) is 0. The molecule has 0 radical (unpaired) electrons. The van der Waals surface area contributed by atoms with Gasteiger partial charge < -0.3 is 18.9 Å². The first-order chi connectivity index (χ1) is 24.3. The molecule has 0 N–H and O–H groups in total. The molecule has 0 aliphatic heterocycles. The molecule has 4 rings (SSSR count). The molecule has 4 nitrogen and oxygen atoms in total. The fourth-order valence-corrected chi connectivity index (χ4v) is 8.96. The number of unbranched alkanes of at least 4 members (excludes halogenated alkanes) is 18. The van der Waals surface area contributed by atoms with Gasteiger partial charge in [-0.25, -0.2) is 0 Å². The molecule has 2 heterocycles. The minimum atomic E-state index is 0.285. The first-order valence-electron chi connectivity index (χ1n) is 19.7. The molecule has 0 saturated heterocycles. The normalized spacial score (nSPS) is 11.6. The molecule has 2 aromatic carbocycles. The average Bonchev–Trinajstić information content (AvgIpc) is 3.65. The van der Waals surface area contributed by atoms with Gasteiger partial charge in [-0.1, -0.05) is 154 Å². The first-order valence-corrected chi connectivity index (χ1v) is 21.4. The van der Waals surface area contributed by atoms with E-state index in [1.165, 1.54) is 135 Å². The first kappa shape index (κ1) is 39.7. The Morgan fingerprint density at radius 2 is 0.776 bits per heavy atom. The van der Waals surface area contributed by atoms with Gasteiger partial charge in [-0.3, -0.25) is 0 Å². The summed E-state index contributed by atoms with van der Waals surface area (Å²) in [6.45, 7) is 6.64. The van der Waals surface area contributed by atoms with Crippen molar-refractivity contribution in [3.63, 3.8) is 0 Å². The smallest absolute Gasteiger partial charge is 0.189 e. The highest BCUT2D eigenvalue weighted by molar-refractivity contribution is 7.21. The van der Waals surface area contributed by atoms with Crippen LogP contribution >= 0.6 is 22.7 Å². The fraction of sp³-hybridized carbons (Fsp3) is 0.628. The zero-order chi connectivity index (χ0) is 34.2. The largest absolute Gasteiger partial charge is 0.466 e. The van der Waals surface area contributed by atoms with Gasteiger partial charge in [0, 0.05) is 26.6 Å². The third kappa shape index (κ3) is 14.6. The van der Waals surface area contributed by atoms with Gasteiger partial charge in [-0.15, -0.1) is 22.7 Å². The van der Waals surface area contributed by atoms with Gasteiger partial charge in [0.05, 0.1) is 23.0 Å². The third-order valence-electron chi connectivity index (χ3n) is 9.41. The summed E-state index contributed by atoms with van der Waals surface area (Å²) in [6.07, 6.45) is 27.3. The fourth-order valence-electron chi connectivity index (χ4n) is 6.54. The van der Waals surface area contributed by atoms with E-state index < -0.39 is 0 Å². The van der Waals surface area contributed by atoms with Crippen molar-refractivity contribution in [1.82, 2.24) is 0 Å². The number of fused-ring (bicyclic) bond motifs is 2. The summed E-state index contributed by atoms with van der Waals surface area (Å²) >= 11 is 3.62. The van der Waals surface area contributed by atoms with Crippen LogP contribution in [0.1, 0.15) is 152 Å². The van der Waals surface area contributed by atoms with Crippen molar-refractivity contribution in [2.75, 3.05) is 26.8 Å². The van der Waals surface area contributed by atoms with Crippen LogP contribution in [0.2, 0.25) is 0 Å². The van der Waals surface area contributed by atoms with Crippen LogP contribution in [0, 0.1) is 0 Å². The number of ether oxygens (including phenoxy) is 4. The molecular weight excluding hydrogens is 645 g/mol. The Labute approximate surface area is 305 Å². The lowest BCUT2D eigenvalue weighted by Gasteiger charge is -2.11. The molecule has 0 saturated carbocycles. The van der Waals surface area contributed by atoms with Gasteiger partial charge in [0.15, 0.2) is 13.6 Å². The zero-order valence-corrected chi connectivity index (χ0v) is 32.4. The van der Waals surface area contributed by atoms with Gasteiger partial charge in [0.1, 0.15) is 11.5 Å². The van der Waals surface area contributed by atoms with E-state index in [4.69, 9.17) is 18.9 Å². The molecule has 49 heavy (non-hydrogen) atoms. The van der Waals surface area contributed by atoms with Gasteiger partial charge in [0.25, 0.3) is 0 Å². The maximum Gasteiger partial charge on any atom is 0.189 e.